The second-order valence-electron chi connectivity index (χ2n) is 3.63. The van der Waals surface area contributed by atoms with Gasteiger partial charge in [0.1, 0.15) is 17.0 Å². The third-order valence-corrected chi connectivity index (χ3v) is 2.33. The largest absolute Gasteiger partial charge is 0.496 e. The molecule has 0 aliphatic heterocycles. The first kappa shape index (κ1) is 16.1. The van der Waals surface area contributed by atoms with Crippen LogP contribution in [-0.2, 0) is 22.1 Å². The molecule has 0 fully saturated rings. The topological polar surface area (TPSA) is 48.4 Å². The van der Waals surface area contributed by atoms with Gasteiger partial charge in [-0.1, -0.05) is 0 Å². The van der Waals surface area contributed by atoms with Crippen molar-refractivity contribution in [3.8, 4) is 5.75 Å². The van der Waals surface area contributed by atoms with Crippen molar-refractivity contribution in [1.29, 1.82) is 0 Å². The fourth-order valence-electron chi connectivity index (χ4n) is 1.51. The summed E-state index contributed by atoms with van der Waals surface area (Å²) in [5.41, 5.74) is -3.42. The van der Waals surface area contributed by atoms with Crippen molar-refractivity contribution < 1.29 is 36.2 Å². The summed E-state index contributed by atoms with van der Waals surface area (Å²) in [4.78, 5) is 14.2. The SMILES string of the molecule is COC(=O)Cc1cc(OC)c(C(F)(F)F)c(C(F)F)n1. The summed E-state index contributed by atoms with van der Waals surface area (Å²) in [7, 11) is 1.96. The van der Waals surface area contributed by atoms with Crippen molar-refractivity contribution >= 4 is 5.97 Å². The van der Waals surface area contributed by atoms with E-state index in [4.69, 9.17) is 0 Å². The predicted molar refractivity (Wildman–Crippen MR) is 56.5 cm³/mol. The molecule has 1 aromatic heterocycles. The summed E-state index contributed by atoms with van der Waals surface area (Å²) < 4.78 is 72.6. The van der Waals surface area contributed by atoms with Gasteiger partial charge in [-0.25, -0.2) is 8.78 Å². The van der Waals surface area contributed by atoms with Gasteiger partial charge < -0.3 is 9.47 Å². The Kier molecular flexibility index (Phi) is 4.85. The minimum absolute atomic E-state index is 0.294. The van der Waals surface area contributed by atoms with Crippen molar-refractivity contribution in [2.45, 2.75) is 19.0 Å². The van der Waals surface area contributed by atoms with Gasteiger partial charge in [0.05, 0.1) is 26.3 Å². The van der Waals surface area contributed by atoms with Crippen molar-refractivity contribution in [2.75, 3.05) is 14.2 Å². The molecule has 0 bridgehead atoms. The number of aromatic nitrogens is 1. The summed E-state index contributed by atoms with van der Waals surface area (Å²) in [6.45, 7) is 0. The molecule has 0 atom stereocenters. The van der Waals surface area contributed by atoms with E-state index in [1.807, 2.05) is 0 Å². The Balaban J connectivity index is 3.43. The van der Waals surface area contributed by atoms with Crippen molar-refractivity contribution in [1.82, 2.24) is 4.98 Å². The lowest BCUT2D eigenvalue weighted by atomic mass is 10.1. The molecule has 0 amide bonds. The van der Waals surface area contributed by atoms with Crippen LogP contribution in [0.2, 0.25) is 0 Å². The van der Waals surface area contributed by atoms with Crippen LogP contribution in [0.15, 0.2) is 6.07 Å². The summed E-state index contributed by atoms with van der Waals surface area (Å²) in [5.74, 6) is -1.64. The number of halogens is 5. The highest BCUT2D eigenvalue weighted by atomic mass is 19.4. The Morgan fingerprint density at radius 2 is 1.95 bits per heavy atom. The Hall–Kier alpha value is -1.93. The van der Waals surface area contributed by atoms with Crippen molar-refractivity contribution in [3.05, 3.63) is 23.0 Å². The zero-order valence-electron chi connectivity index (χ0n) is 10.4. The molecule has 0 aliphatic rings. The number of nitrogens with zero attached hydrogens (tertiary/aromatic N) is 1. The molecule has 1 aromatic rings. The predicted octanol–water partition coefficient (Wildman–Crippen LogP) is 2.76. The van der Waals surface area contributed by atoms with Gasteiger partial charge in [-0.3, -0.25) is 9.78 Å². The number of carbonyl (C=O) groups excluding carboxylic acids is 1. The number of pyridine rings is 1. The highest BCUT2D eigenvalue weighted by Gasteiger charge is 2.40. The first-order valence-electron chi connectivity index (χ1n) is 5.20. The Morgan fingerprint density at radius 3 is 2.35 bits per heavy atom. The summed E-state index contributed by atoms with van der Waals surface area (Å²) in [5, 5.41) is 0. The van der Waals surface area contributed by atoms with Crippen molar-refractivity contribution in [3.63, 3.8) is 0 Å². The van der Waals surface area contributed by atoms with Gasteiger partial charge in [-0.15, -0.1) is 0 Å². The lowest BCUT2D eigenvalue weighted by Crippen LogP contribution is -2.16. The molecular weight excluding hydrogens is 289 g/mol. The second kappa shape index (κ2) is 6.02. The van der Waals surface area contributed by atoms with Gasteiger partial charge in [-0.05, 0) is 0 Å². The van der Waals surface area contributed by atoms with Crippen molar-refractivity contribution in [2.24, 2.45) is 0 Å². The minimum atomic E-state index is -5.05. The fraction of sp³-hybridized carbons (Fsp3) is 0.455. The Morgan fingerprint density at radius 1 is 1.35 bits per heavy atom. The van der Waals surface area contributed by atoms with Crippen LogP contribution in [0.4, 0.5) is 22.0 Å². The molecule has 0 saturated heterocycles. The van der Waals surface area contributed by atoms with Crippen LogP contribution >= 0.6 is 0 Å². The zero-order valence-corrected chi connectivity index (χ0v) is 10.4. The monoisotopic (exact) mass is 299 g/mol. The minimum Gasteiger partial charge on any atom is -0.496 e. The maximum atomic E-state index is 12.8. The molecule has 0 N–H and O–H groups in total. The zero-order chi connectivity index (χ0) is 15.5. The maximum Gasteiger partial charge on any atom is 0.421 e. The number of hydrogen-bond donors (Lipinski definition) is 0. The molecule has 1 rings (SSSR count). The fourth-order valence-corrected chi connectivity index (χ4v) is 1.51. The number of carbonyl (C=O) groups is 1. The van der Waals surface area contributed by atoms with E-state index in [1.54, 1.807) is 0 Å². The Bertz CT molecular complexity index is 502. The van der Waals surface area contributed by atoms with E-state index in [2.05, 4.69) is 14.5 Å². The van der Waals surface area contributed by atoms with Crippen LogP contribution in [-0.4, -0.2) is 25.2 Å². The highest BCUT2D eigenvalue weighted by molar-refractivity contribution is 5.72. The molecular formula is C11H10F5NO3. The van der Waals surface area contributed by atoms with Crippen LogP contribution in [0.1, 0.15) is 23.4 Å². The van der Waals surface area contributed by atoms with Crippen LogP contribution in [0.25, 0.3) is 0 Å². The smallest absolute Gasteiger partial charge is 0.421 e. The molecule has 0 aliphatic carbocycles. The normalized spacial score (nSPS) is 11.6. The first-order chi connectivity index (χ1) is 9.20. The number of rotatable bonds is 4. The Labute approximate surface area is 110 Å². The number of alkyl halides is 5. The number of methoxy groups -OCH3 is 2. The van der Waals surface area contributed by atoms with Crippen LogP contribution in [0.5, 0.6) is 5.75 Å². The number of ether oxygens (including phenoxy) is 2. The summed E-state index contributed by atoms with van der Waals surface area (Å²) >= 11 is 0. The number of hydrogen-bond acceptors (Lipinski definition) is 4. The molecule has 0 spiro atoms. The van der Waals surface area contributed by atoms with E-state index in [0.29, 0.717) is 0 Å². The van der Waals surface area contributed by atoms with E-state index in [9.17, 15) is 26.7 Å². The molecule has 0 saturated carbocycles. The van der Waals surface area contributed by atoms with E-state index in [-0.39, 0.29) is 5.69 Å². The summed E-state index contributed by atoms with van der Waals surface area (Å²) in [6.07, 6.45) is -9.04. The molecule has 9 heteroatoms. The average Bonchev–Trinajstić information content (AvgIpc) is 2.35. The second-order valence-corrected chi connectivity index (χ2v) is 3.63. The molecule has 1 heterocycles. The van der Waals surface area contributed by atoms with Gasteiger partial charge in [0.15, 0.2) is 0 Å². The van der Waals surface area contributed by atoms with Crippen LogP contribution < -0.4 is 4.74 Å². The van der Waals surface area contributed by atoms with Crippen LogP contribution in [0.3, 0.4) is 0 Å². The quantitative estimate of drug-likeness (QED) is 0.633. The van der Waals surface area contributed by atoms with Gasteiger partial charge in [0, 0.05) is 6.07 Å². The maximum absolute atomic E-state index is 12.8. The molecule has 112 valence electrons. The van der Waals surface area contributed by atoms with E-state index >= 15 is 0 Å². The lowest BCUT2D eigenvalue weighted by molar-refractivity contribution is -0.141. The van der Waals surface area contributed by atoms with E-state index in [0.717, 1.165) is 20.3 Å². The highest BCUT2D eigenvalue weighted by Crippen LogP contribution is 2.41. The van der Waals surface area contributed by atoms with Gasteiger partial charge in [0.2, 0.25) is 0 Å². The number of esters is 1. The average molecular weight is 299 g/mol. The van der Waals surface area contributed by atoms with Gasteiger partial charge in [0.25, 0.3) is 6.43 Å². The van der Waals surface area contributed by atoms with E-state index in [1.165, 1.54) is 0 Å². The molecule has 0 unspecified atom stereocenters. The van der Waals surface area contributed by atoms with Gasteiger partial charge >= 0.3 is 12.1 Å². The van der Waals surface area contributed by atoms with Gasteiger partial charge in [-0.2, -0.15) is 13.2 Å². The third-order valence-electron chi connectivity index (χ3n) is 2.33. The molecule has 0 aromatic carbocycles. The molecule has 20 heavy (non-hydrogen) atoms. The first-order valence-corrected chi connectivity index (χ1v) is 5.20. The third kappa shape index (κ3) is 3.55. The molecule has 4 nitrogen and oxygen atoms in total. The molecule has 0 radical (unpaired) electrons. The van der Waals surface area contributed by atoms with Crippen LogP contribution in [0, 0.1) is 0 Å². The lowest BCUT2D eigenvalue weighted by Gasteiger charge is -2.16. The van der Waals surface area contributed by atoms with E-state index < -0.39 is 42.0 Å². The standard InChI is InChI=1S/C11H10F5NO3/c1-19-6-3-5(4-7(18)20-2)17-9(10(12)13)8(6)11(14,15)16/h3,10H,4H2,1-2H3. The summed E-state index contributed by atoms with van der Waals surface area (Å²) in [6, 6.07) is 0.783.